The quantitative estimate of drug-likeness (QED) is 0.733. The summed E-state index contributed by atoms with van der Waals surface area (Å²) in [5, 5.41) is 10.4. The summed E-state index contributed by atoms with van der Waals surface area (Å²) >= 11 is 0. The molecule has 3 rings (SSSR count). The van der Waals surface area contributed by atoms with E-state index in [2.05, 4.69) is 30.6 Å². The first-order chi connectivity index (χ1) is 13.7. The molecule has 8 heteroatoms. The van der Waals surface area contributed by atoms with E-state index in [0.717, 1.165) is 31.9 Å². The summed E-state index contributed by atoms with van der Waals surface area (Å²) < 4.78 is 32.9. The lowest BCUT2D eigenvalue weighted by atomic mass is 9.87. The number of aliphatic hydroxyl groups is 1. The molecule has 164 valence electrons. The third-order valence-corrected chi connectivity index (χ3v) is 7.64. The first kappa shape index (κ1) is 22.7. The normalized spacial score (nSPS) is 21.9. The average Bonchev–Trinajstić information content (AvgIpc) is 2.68. The number of aliphatic hydroxyl groups excluding tert-OH is 1. The number of morpholine rings is 1. The standard InChI is InChI=1S/C21H35N3O4S/c1-21(2,3)18-4-6-20(7-5-18)29(26,27)24-10-8-22(9-11-24)16-19(25)17-23-12-14-28-15-13-23/h4-7,19,25H,8-17H2,1-3H3/t19-/m1/s1. The van der Waals surface area contributed by atoms with Crippen LogP contribution in [0.25, 0.3) is 0 Å². The highest BCUT2D eigenvalue weighted by Gasteiger charge is 2.29. The highest BCUT2D eigenvalue weighted by molar-refractivity contribution is 7.89. The molecular weight excluding hydrogens is 390 g/mol. The maximum Gasteiger partial charge on any atom is 0.243 e. The zero-order valence-electron chi connectivity index (χ0n) is 17.9. The zero-order chi connectivity index (χ0) is 21.1. The molecule has 2 saturated heterocycles. The summed E-state index contributed by atoms with van der Waals surface area (Å²) in [6.45, 7) is 12.9. The van der Waals surface area contributed by atoms with Crippen LogP contribution >= 0.6 is 0 Å². The number of benzene rings is 1. The Morgan fingerprint density at radius 1 is 0.931 bits per heavy atom. The van der Waals surface area contributed by atoms with E-state index < -0.39 is 16.1 Å². The molecular formula is C21H35N3O4S. The monoisotopic (exact) mass is 425 g/mol. The van der Waals surface area contributed by atoms with Crippen molar-refractivity contribution in [2.24, 2.45) is 0 Å². The fraction of sp³-hybridized carbons (Fsp3) is 0.714. The molecule has 2 fully saturated rings. The van der Waals surface area contributed by atoms with Gasteiger partial charge in [-0.2, -0.15) is 4.31 Å². The van der Waals surface area contributed by atoms with Crippen LogP contribution in [0.4, 0.5) is 0 Å². The van der Waals surface area contributed by atoms with Crippen LogP contribution < -0.4 is 0 Å². The van der Waals surface area contributed by atoms with Gasteiger partial charge in [-0.3, -0.25) is 9.80 Å². The van der Waals surface area contributed by atoms with Crippen LogP contribution in [0.5, 0.6) is 0 Å². The third-order valence-electron chi connectivity index (χ3n) is 5.73. The van der Waals surface area contributed by atoms with Gasteiger partial charge in [-0.15, -0.1) is 0 Å². The summed E-state index contributed by atoms with van der Waals surface area (Å²) in [5.41, 5.74) is 1.12. The minimum Gasteiger partial charge on any atom is -0.390 e. The van der Waals surface area contributed by atoms with Gasteiger partial charge in [0, 0.05) is 52.4 Å². The second-order valence-electron chi connectivity index (χ2n) is 9.05. The van der Waals surface area contributed by atoms with Gasteiger partial charge in [0.05, 0.1) is 24.2 Å². The van der Waals surface area contributed by atoms with Gasteiger partial charge in [0.15, 0.2) is 0 Å². The average molecular weight is 426 g/mol. The van der Waals surface area contributed by atoms with Crippen LogP contribution in [0.15, 0.2) is 29.2 Å². The van der Waals surface area contributed by atoms with E-state index in [4.69, 9.17) is 4.74 Å². The van der Waals surface area contributed by atoms with E-state index in [0.29, 0.717) is 44.2 Å². The molecule has 0 spiro atoms. The fourth-order valence-corrected chi connectivity index (χ4v) is 5.29. The van der Waals surface area contributed by atoms with Gasteiger partial charge in [0.25, 0.3) is 0 Å². The third kappa shape index (κ3) is 5.99. The van der Waals surface area contributed by atoms with Gasteiger partial charge < -0.3 is 9.84 Å². The van der Waals surface area contributed by atoms with Gasteiger partial charge in [-0.05, 0) is 23.1 Å². The lowest BCUT2D eigenvalue weighted by Gasteiger charge is -2.36. The van der Waals surface area contributed by atoms with E-state index in [9.17, 15) is 13.5 Å². The molecule has 1 N–H and O–H groups in total. The molecule has 29 heavy (non-hydrogen) atoms. The maximum atomic E-state index is 13.0. The van der Waals surface area contributed by atoms with Crippen molar-refractivity contribution in [2.45, 2.75) is 37.2 Å². The molecule has 7 nitrogen and oxygen atoms in total. The Morgan fingerprint density at radius 2 is 1.45 bits per heavy atom. The van der Waals surface area contributed by atoms with Crippen LogP contribution in [0.3, 0.4) is 0 Å². The van der Waals surface area contributed by atoms with Crippen LogP contribution in [0.2, 0.25) is 0 Å². The number of nitrogens with zero attached hydrogens (tertiary/aromatic N) is 3. The number of hydrogen-bond donors (Lipinski definition) is 1. The SMILES string of the molecule is CC(C)(C)c1ccc(S(=O)(=O)N2CCN(C[C@@H](O)CN3CCOCC3)CC2)cc1. The van der Waals surface area contributed by atoms with Crippen LogP contribution in [0, 0.1) is 0 Å². The second kappa shape index (κ2) is 9.41. The number of hydrogen-bond acceptors (Lipinski definition) is 6. The molecule has 1 atom stereocenters. The molecule has 1 aromatic carbocycles. The number of ether oxygens (including phenoxy) is 1. The van der Waals surface area contributed by atoms with Gasteiger partial charge in [0.1, 0.15) is 0 Å². The first-order valence-electron chi connectivity index (χ1n) is 10.5. The largest absolute Gasteiger partial charge is 0.390 e. The summed E-state index contributed by atoms with van der Waals surface area (Å²) in [6, 6.07) is 7.25. The number of rotatable bonds is 6. The van der Waals surface area contributed by atoms with Crippen molar-refractivity contribution in [1.82, 2.24) is 14.1 Å². The van der Waals surface area contributed by atoms with Crippen molar-refractivity contribution in [3.05, 3.63) is 29.8 Å². The zero-order valence-corrected chi connectivity index (χ0v) is 18.7. The molecule has 0 amide bonds. The van der Waals surface area contributed by atoms with Gasteiger partial charge in [-0.25, -0.2) is 8.42 Å². The van der Waals surface area contributed by atoms with Crippen molar-refractivity contribution in [3.8, 4) is 0 Å². The summed E-state index contributed by atoms with van der Waals surface area (Å²) in [4.78, 5) is 4.72. The Morgan fingerprint density at radius 3 is 1.97 bits per heavy atom. The molecule has 0 bridgehead atoms. The summed E-state index contributed by atoms with van der Waals surface area (Å²) in [6.07, 6.45) is -0.429. The number of β-amino-alcohol motifs (C(OH)–C–C–N with tert-alkyl or cyclic N) is 1. The summed E-state index contributed by atoms with van der Waals surface area (Å²) in [5.74, 6) is 0. The minimum absolute atomic E-state index is 0.00399. The molecule has 0 aromatic heterocycles. The Balaban J connectivity index is 1.51. The lowest BCUT2D eigenvalue weighted by Crippen LogP contribution is -2.52. The Labute approximate surface area is 175 Å². The van der Waals surface area contributed by atoms with Crippen molar-refractivity contribution in [1.29, 1.82) is 0 Å². The number of piperazine rings is 1. The predicted octanol–water partition coefficient (Wildman–Crippen LogP) is 0.984. The molecule has 0 unspecified atom stereocenters. The van der Waals surface area contributed by atoms with Crippen molar-refractivity contribution >= 4 is 10.0 Å². The molecule has 1 aromatic rings. The lowest BCUT2D eigenvalue weighted by molar-refractivity contribution is 0.00469. The first-order valence-corrected chi connectivity index (χ1v) is 11.9. The van der Waals surface area contributed by atoms with Crippen molar-refractivity contribution < 1.29 is 18.3 Å². The molecule has 2 heterocycles. The Hall–Kier alpha value is -1.03. The van der Waals surface area contributed by atoms with E-state index in [1.165, 1.54) is 0 Å². The molecule has 0 aliphatic carbocycles. The highest BCUT2D eigenvalue weighted by Crippen LogP contribution is 2.25. The van der Waals surface area contributed by atoms with Crippen molar-refractivity contribution in [3.63, 3.8) is 0 Å². The van der Waals surface area contributed by atoms with E-state index in [1.54, 1.807) is 16.4 Å². The Bertz CT molecular complexity index is 747. The minimum atomic E-state index is -3.48. The number of sulfonamides is 1. The molecule has 0 saturated carbocycles. The van der Waals surface area contributed by atoms with Crippen LogP contribution in [-0.2, 0) is 20.2 Å². The maximum absolute atomic E-state index is 13.0. The van der Waals surface area contributed by atoms with Gasteiger partial charge in [-0.1, -0.05) is 32.9 Å². The Kier molecular flexibility index (Phi) is 7.35. The van der Waals surface area contributed by atoms with Gasteiger partial charge >= 0.3 is 0 Å². The summed E-state index contributed by atoms with van der Waals surface area (Å²) in [7, 11) is -3.48. The predicted molar refractivity (Wildman–Crippen MR) is 114 cm³/mol. The van der Waals surface area contributed by atoms with Crippen LogP contribution in [0.1, 0.15) is 26.3 Å². The molecule has 2 aliphatic rings. The fourth-order valence-electron chi connectivity index (χ4n) is 3.87. The molecule has 2 aliphatic heterocycles. The van der Waals surface area contributed by atoms with E-state index >= 15 is 0 Å². The second-order valence-corrected chi connectivity index (χ2v) is 11.0. The van der Waals surface area contributed by atoms with Crippen LogP contribution in [-0.4, -0.2) is 99.3 Å². The highest BCUT2D eigenvalue weighted by atomic mass is 32.2. The van der Waals surface area contributed by atoms with Crippen molar-refractivity contribution in [2.75, 3.05) is 65.6 Å². The smallest absolute Gasteiger partial charge is 0.243 e. The molecule has 0 radical (unpaired) electrons. The topological polar surface area (TPSA) is 73.3 Å². The van der Waals surface area contributed by atoms with E-state index in [1.807, 2.05) is 12.1 Å². The van der Waals surface area contributed by atoms with Gasteiger partial charge in [0.2, 0.25) is 10.0 Å². The van der Waals surface area contributed by atoms with E-state index in [-0.39, 0.29) is 5.41 Å².